The van der Waals surface area contributed by atoms with Gasteiger partial charge in [-0.3, -0.25) is 14.3 Å². The number of aromatic nitrogens is 2. The first-order chi connectivity index (χ1) is 14.6. The Bertz CT molecular complexity index is 1250. The van der Waals surface area contributed by atoms with Crippen LogP contribution in [0.2, 0.25) is 5.02 Å². The molecule has 0 spiro atoms. The van der Waals surface area contributed by atoms with Crippen LogP contribution >= 0.6 is 11.6 Å². The zero-order valence-electron chi connectivity index (χ0n) is 15.6. The summed E-state index contributed by atoms with van der Waals surface area (Å²) in [5, 5.41) is 7.11. The molecule has 4 aromatic rings. The number of carbonyl (C=O) groups excluding carboxylic acids is 1. The SMILES string of the molecule is O=C(Nc1cccc(-c2noc(=O)[nH]2)c1)c1cccc(OCc2cccc(Cl)c2)c1. The topological polar surface area (TPSA) is 97.2 Å². The van der Waals surface area contributed by atoms with Crippen LogP contribution in [0.5, 0.6) is 5.75 Å². The van der Waals surface area contributed by atoms with Crippen molar-refractivity contribution < 1.29 is 14.1 Å². The van der Waals surface area contributed by atoms with E-state index < -0.39 is 5.76 Å². The lowest BCUT2D eigenvalue weighted by atomic mass is 10.1. The Labute approximate surface area is 176 Å². The van der Waals surface area contributed by atoms with Gasteiger partial charge in [-0.25, -0.2) is 4.79 Å². The summed E-state index contributed by atoms with van der Waals surface area (Å²) in [7, 11) is 0. The van der Waals surface area contributed by atoms with Crippen molar-refractivity contribution in [3.8, 4) is 17.1 Å². The molecule has 0 aliphatic carbocycles. The quantitative estimate of drug-likeness (QED) is 0.477. The molecule has 0 bridgehead atoms. The third kappa shape index (κ3) is 4.76. The summed E-state index contributed by atoms with van der Waals surface area (Å²) in [6.07, 6.45) is 0. The lowest BCUT2D eigenvalue weighted by Gasteiger charge is -2.10. The molecule has 0 aliphatic heterocycles. The second-order valence-electron chi connectivity index (χ2n) is 6.42. The van der Waals surface area contributed by atoms with Crippen molar-refractivity contribution >= 4 is 23.2 Å². The molecular formula is C22H16ClN3O4. The molecule has 0 saturated carbocycles. The van der Waals surface area contributed by atoms with Gasteiger partial charge in [0.25, 0.3) is 5.91 Å². The molecule has 4 rings (SSSR count). The van der Waals surface area contributed by atoms with Crippen molar-refractivity contribution in [3.63, 3.8) is 0 Å². The second-order valence-corrected chi connectivity index (χ2v) is 6.86. The average Bonchev–Trinajstić information content (AvgIpc) is 3.19. The summed E-state index contributed by atoms with van der Waals surface area (Å²) in [5.41, 5.74) is 2.53. The number of ether oxygens (including phenoxy) is 1. The first-order valence-corrected chi connectivity index (χ1v) is 9.40. The lowest BCUT2D eigenvalue weighted by molar-refractivity contribution is 0.102. The Balaban J connectivity index is 1.45. The Morgan fingerprint density at radius 2 is 1.90 bits per heavy atom. The third-order valence-corrected chi connectivity index (χ3v) is 4.46. The molecule has 2 N–H and O–H groups in total. The highest BCUT2D eigenvalue weighted by atomic mass is 35.5. The smallest absolute Gasteiger partial charge is 0.439 e. The van der Waals surface area contributed by atoms with E-state index in [1.807, 2.05) is 18.2 Å². The maximum absolute atomic E-state index is 12.7. The molecule has 0 aliphatic rings. The number of nitrogens with one attached hydrogen (secondary N) is 2. The van der Waals surface area contributed by atoms with Crippen molar-refractivity contribution in [1.29, 1.82) is 0 Å². The molecular weight excluding hydrogens is 406 g/mol. The second kappa shape index (κ2) is 8.67. The molecule has 0 radical (unpaired) electrons. The van der Waals surface area contributed by atoms with Crippen LogP contribution in [-0.4, -0.2) is 16.0 Å². The van der Waals surface area contributed by atoms with Crippen molar-refractivity contribution in [3.05, 3.63) is 99.5 Å². The zero-order chi connectivity index (χ0) is 20.9. The number of rotatable bonds is 6. The molecule has 150 valence electrons. The Kier molecular flexibility index (Phi) is 5.63. The zero-order valence-corrected chi connectivity index (χ0v) is 16.3. The fourth-order valence-corrected chi connectivity index (χ4v) is 3.04. The highest BCUT2D eigenvalue weighted by molar-refractivity contribution is 6.30. The predicted molar refractivity (Wildman–Crippen MR) is 113 cm³/mol. The van der Waals surface area contributed by atoms with Gasteiger partial charge in [-0.05, 0) is 48.0 Å². The normalized spacial score (nSPS) is 10.6. The summed E-state index contributed by atoms with van der Waals surface area (Å²) in [5.74, 6) is -0.0907. The summed E-state index contributed by atoms with van der Waals surface area (Å²) in [4.78, 5) is 26.3. The Morgan fingerprint density at radius 1 is 1.07 bits per heavy atom. The van der Waals surface area contributed by atoms with Crippen molar-refractivity contribution in [2.45, 2.75) is 6.61 Å². The molecule has 0 saturated heterocycles. The maximum atomic E-state index is 12.7. The Hall–Kier alpha value is -3.84. The fourth-order valence-electron chi connectivity index (χ4n) is 2.82. The monoisotopic (exact) mass is 421 g/mol. The van der Waals surface area contributed by atoms with Gasteiger partial charge in [0.2, 0.25) is 0 Å². The standard InChI is InChI=1S/C22H16ClN3O4/c23-17-7-1-4-14(10-17)13-29-19-9-3-6-16(12-19)21(27)24-18-8-2-5-15(11-18)20-25-22(28)30-26-20/h1-12H,13H2,(H,24,27)(H,25,26,28). The maximum Gasteiger partial charge on any atom is 0.439 e. The molecule has 1 amide bonds. The number of aromatic amines is 1. The van der Waals surface area contributed by atoms with E-state index in [-0.39, 0.29) is 11.7 Å². The van der Waals surface area contributed by atoms with Gasteiger partial charge >= 0.3 is 5.76 Å². The van der Waals surface area contributed by atoms with Gasteiger partial charge in [-0.1, -0.05) is 47.1 Å². The van der Waals surface area contributed by atoms with Gasteiger partial charge in [-0.2, -0.15) is 0 Å². The van der Waals surface area contributed by atoms with Crippen LogP contribution in [0, 0.1) is 0 Å². The van der Waals surface area contributed by atoms with Gasteiger partial charge in [0.05, 0.1) is 0 Å². The molecule has 1 aromatic heterocycles. The highest BCUT2D eigenvalue weighted by Crippen LogP contribution is 2.21. The van der Waals surface area contributed by atoms with Gasteiger partial charge in [0, 0.05) is 21.8 Å². The van der Waals surface area contributed by atoms with Crippen LogP contribution in [0.3, 0.4) is 0 Å². The molecule has 0 unspecified atom stereocenters. The van der Waals surface area contributed by atoms with Crippen molar-refractivity contribution in [2.24, 2.45) is 0 Å². The first kappa shape index (κ1) is 19.5. The predicted octanol–water partition coefficient (Wildman–Crippen LogP) is 4.51. The van der Waals surface area contributed by atoms with Crippen molar-refractivity contribution in [2.75, 3.05) is 5.32 Å². The number of anilines is 1. The number of nitrogens with zero attached hydrogens (tertiary/aromatic N) is 1. The van der Waals surface area contributed by atoms with E-state index in [1.54, 1.807) is 54.6 Å². The minimum Gasteiger partial charge on any atom is -0.489 e. The van der Waals surface area contributed by atoms with E-state index in [0.717, 1.165) is 5.56 Å². The van der Waals surface area contributed by atoms with Crippen LogP contribution in [0.1, 0.15) is 15.9 Å². The largest absolute Gasteiger partial charge is 0.489 e. The average molecular weight is 422 g/mol. The van der Waals surface area contributed by atoms with E-state index >= 15 is 0 Å². The molecule has 3 aromatic carbocycles. The number of benzene rings is 3. The van der Waals surface area contributed by atoms with Gasteiger partial charge in [-0.15, -0.1) is 0 Å². The van der Waals surface area contributed by atoms with Crippen LogP contribution in [-0.2, 0) is 6.61 Å². The van der Waals surface area contributed by atoms with E-state index in [9.17, 15) is 9.59 Å². The van der Waals surface area contributed by atoms with Crippen molar-refractivity contribution in [1.82, 2.24) is 10.1 Å². The molecule has 7 nitrogen and oxygen atoms in total. The van der Waals surface area contributed by atoms with Crippen LogP contribution in [0.15, 0.2) is 82.1 Å². The first-order valence-electron chi connectivity index (χ1n) is 9.02. The summed E-state index contributed by atoms with van der Waals surface area (Å²) >= 11 is 5.99. The van der Waals surface area contributed by atoms with E-state index in [2.05, 4.69) is 20.0 Å². The van der Waals surface area contributed by atoms with Gasteiger partial charge in [0.15, 0.2) is 5.82 Å². The Morgan fingerprint density at radius 3 is 2.70 bits per heavy atom. The molecule has 1 heterocycles. The van der Waals surface area contributed by atoms with Crippen LogP contribution in [0.25, 0.3) is 11.4 Å². The number of amides is 1. The summed E-state index contributed by atoms with van der Waals surface area (Å²) in [6, 6.07) is 21.2. The number of H-pyrrole nitrogens is 1. The third-order valence-electron chi connectivity index (χ3n) is 4.22. The minimum absolute atomic E-state index is 0.285. The number of hydrogen-bond donors (Lipinski definition) is 2. The van der Waals surface area contributed by atoms with E-state index in [4.69, 9.17) is 16.3 Å². The summed E-state index contributed by atoms with van der Waals surface area (Å²) < 4.78 is 10.3. The highest BCUT2D eigenvalue weighted by Gasteiger charge is 2.10. The number of carbonyl (C=O) groups is 1. The van der Waals surface area contributed by atoms with Gasteiger partial charge in [0.1, 0.15) is 12.4 Å². The molecule has 0 atom stereocenters. The minimum atomic E-state index is -0.644. The molecule has 8 heteroatoms. The van der Waals surface area contributed by atoms with Crippen LogP contribution in [0.4, 0.5) is 5.69 Å². The fraction of sp³-hybridized carbons (Fsp3) is 0.0455. The number of hydrogen-bond acceptors (Lipinski definition) is 5. The number of halogens is 1. The molecule has 0 fully saturated rings. The lowest BCUT2D eigenvalue weighted by Crippen LogP contribution is -2.12. The van der Waals surface area contributed by atoms with Gasteiger partial charge < -0.3 is 10.1 Å². The van der Waals surface area contributed by atoms with Crippen LogP contribution < -0.4 is 15.8 Å². The summed E-state index contributed by atoms with van der Waals surface area (Å²) in [6.45, 7) is 0.337. The molecule has 30 heavy (non-hydrogen) atoms. The van der Waals surface area contributed by atoms with E-state index in [0.29, 0.717) is 34.2 Å². The van der Waals surface area contributed by atoms with E-state index in [1.165, 1.54) is 0 Å².